The van der Waals surface area contributed by atoms with Gasteiger partial charge < -0.3 is 5.73 Å². The molecule has 90 valence electrons. The molecule has 0 aliphatic heterocycles. The van der Waals surface area contributed by atoms with E-state index in [1.165, 1.54) is 0 Å². The third-order valence-corrected chi connectivity index (χ3v) is 4.17. The molecule has 0 saturated carbocycles. The Morgan fingerprint density at radius 3 is 2.94 bits per heavy atom. The predicted octanol–water partition coefficient (Wildman–Crippen LogP) is 3.47. The van der Waals surface area contributed by atoms with Crippen LogP contribution in [0.25, 0.3) is 10.9 Å². The van der Waals surface area contributed by atoms with Gasteiger partial charge in [0.2, 0.25) is 0 Å². The fraction of sp³-hybridized carbons (Fsp3) is 0.308. The summed E-state index contributed by atoms with van der Waals surface area (Å²) in [6, 6.07) is 10.1. The van der Waals surface area contributed by atoms with E-state index in [1.807, 2.05) is 18.2 Å². The lowest BCUT2D eigenvalue weighted by molar-refractivity contribution is 0.950. The van der Waals surface area contributed by atoms with Gasteiger partial charge in [-0.1, -0.05) is 36.7 Å². The smallest absolute Gasteiger partial charge is 0.133 e. The Balaban J connectivity index is 2.25. The molecule has 2 N–H and O–H groups in total. The van der Waals surface area contributed by atoms with Crippen LogP contribution >= 0.6 is 23.4 Å². The minimum atomic E-state index is 0.442. The number of hydrogen-bond donors (Lipinski definition) is 1. The summed E-state index contributed by atoms with van der Waals surface area (Å²) in [4.78, 5) is 4.40. The van der Waals surface area contributed by atoms with Crippen LogP contribution in [0.1, 0.15) is 12.5 Å². The molecule has 0 fully saturated rings. The van der Waals surface area contributed by atoms with E-state index < -0.39 is 0 Å². The molecule has 2 nitrogen and oxygen atoms in total. The van der Waals surface area contributed by atoms with Crippen LogP contribution in [0.2, 0.25) is 5.15 Å². The normalized spacial score (nSPS) is 12.9. The second-order valence-electron chi connectivity index (χ2n) is 3.99. The van der Waals surface area contributed by atoms with Crippen LogP contribution in [0, 0.1) is 0 Å². The first-order valence-corrected chi connectivity index (χ1v) is 6.99. The number of para-hydroxylation sites is 1. The summed E-state index contributed by atoms with van der Waals surface area (Å²) in [5.74, 6) is 0.856. The molecule has 0 saturated heterocycles. The van der Waals surface area contributed by atoms with Gasteiger partial charge in [-0.15, -0.1) is 0 Å². The fourth-order valence-corrected chi connectivity index (χ4v) is 2.65. The van der Waals surface area contributed by atoms with Crippen LogP contribution in [0.4, 0.5) is 0 Å². The van der Waals surface area contributed by atoms with Gasteiger partial charge in [0.15, 0.2) is 0 Å². The molecule has 1 aromatic carbocycles. The maximum atomic E-state index is 6.17. The van der Waals surface area contributed by atoms with Gasteiger partial charge in [-0.2, -0.15) is 11.8 Å². The van der Waals surface area contributed by atoms with Crippen molar-refractivity contribution in [3.8, 4) is 0 Å². The Bertz CT molecular complexity index is 516. The van der Waals surface area contributed by atoms with Crippen molar-refractivity contribution in [2.75, 3.05) is 6.54 Å². The number of rotatable bonds is 4. The van der Waals surface area contributed by atoms with Gasteiger partial charge in [0, 0.05) is 28.5 Å². The summed E-state index contributed by atoms with van der Waals surface area (Å²) >= 11 is 7.98. The van der Waals surface area contributed by atoms with Crippen LogP contribution in [0.5, 0.6) is 0 Å². The lowest BCUT2D eigenvalue weighted by Crippen LogP contribution is -2.12. The average Bonchev–Trinajstić information content (AvgIpc) is 2.35. The first-order chi connectivity index (χ1) is 8.20. The lowest BCUT2D eigenvalue weighted by Gasteiger charge is -2.09. The first-order valence-electron chi connectivity index (χ1n) is 5.56. The van der Waals surface area contributed by atoms with E-state index in [0.717, 1.165) is 22.2 Å². The zero-order valence-electron chi connectivity index (χ0n) is 9.69. The van der Waals surface area contributed by atoms with Crippen LogP contribution in [-0.2, 0) is 5.75 Å². The van der Waals surface area contributed by atoms with Crippen molar-refractivity contribution in [3.05, 3.63) is 41.0 Å². The summed E-state index contributed by atoms with van der Waals surface area (Å²) in [7, 11) is 0. The Kier molecular flexibility index (Phi) is 4.26. The van der Waals surface area contributed by atoms with Crippen molar-refractivity contribution in [1.82, 2.24) is 4.98 Å². The van der Waals surface area contributed by atoms with E-state index in [9.17, 15) is 0 Å². The number of nitrogens with two attached hydrogens (primary N) is 1. The molecule has 1 unspecified atom stereocenters. The van der Waals surface area contributed by atoms with Gasteiger partial charge in [-0.25, -0.2) is 4.98 Å². The molecule has 0 aliphatic carbocycles. The molecule has 0 aliphatic rings. The summed E-state index contributed by atoms with van der Waals surface area (Å²) in [6.07, 6.45) is 0. The molecule has 4 heteroatoms. The van der Waals surface area contributed by atoms with E-state index in [2.05, 4.69) is 24.0 Å². The maximum Gasteiger partial charge on any atom is 0.133 e. The van der Waals surface area contributed by atoms with Crippen molar-refractivity contribution in [1.29, 1.82) is 0 Å². The van der Waals surface area contributed by atoms with E-state index >= 15 is 0 Å². The molecule has 0 bridgehead atoms. The molecule has 1 aromatic heterocycles. The van der Waals surface area contributed by atoms with Crippen molar-refractivity contribution in [2.45, 2.75) is 17.9 Å². The van der Waals surface area contributed by atoms with E-state index in [0.29, 0.717) is 16.9 Å². The minimum absolute atomic E-state index is 0.442. The third-order valence-electron chi connectivity index (χ3n) is 2.61. The second-order valence-corrected chi connectivity index (χ2v) is 5.77. The molecule has 0 radical (unpaired) electrons. The maximum absolute atomic E-state index is 6.17. The van der Waals surface area contributed by atoms with Crippen molar-refractivity contribution in [2.24, 2.45) is 5.73 Å². The lowest BCUT2D eigenvalue weighted by atomic mass is 10.2. The number of fused-ring (bicyclic) bond motifs is 1. The highest BCUT2D eigenvalue weighted by atomic mass is 35.5. The Labute approximate surface area is 111 Å². The number of pyridine rings is 1. The Hall–Kier alpha value is -0.770. The first kappa shape index (κ1) is 12.7. The summed E-state index contributed by atoms with van der Waals surface area (Å²) in [6.45, 7) is 2.80. The number of benzene rings is 1. The van der Waals surface area contributed by atoms with Gasteiger partial charge in [-0.3, -0.25) is 0 Å². The monoisotopic (exact) mass is 266 g/mol. The van der Waals surface area contributed by atoms with Crippen LogP contribution in [0.3, 0.4) is 0 Å². The topological polar surface area (TPSA) is 38.9 Å². The number of thioether (sulfide) groups is 1. The van der Waals surface area contributed by atoms with Crippen LogP contribution < -0.4 is 5.73 Å². The van der Waals surface area contributed by atoms with Gasteiger partial charge in [-0.05, 0) is 12.1 Å². The molecule has 0 amide bonds. The number of aromatic nitrogens is 1. The molecule has 2 aromatic rings. The number of hydrogen-bond acceptors (Lipinski definition) is 3. The molecule has 17 heavy (non-hydrogen) atoms. The summed E-state index contributed by atoms with van der Waals surface area (Å²) in [5, 5.41) is 2.17. The SMILES string of the molecule is CC(CN)SCc1cc2ccccc2nc1Cl. The quantitative estimate of drug-likeness (QED) is 0.862. The van der Waals surface area contributed by atoms with Gasteiger partial charge in [0.05, 0.1) is 5.52 Å². The third kappa shape index (κ3) is 3.12. The summed E-state index contributed by atoms with van der Waals surface area (Å²) in [5.41, 5.74) is 7.62. The van der Waals surface area contributed by atoms with Crippen LogP contribution in [-0.4, -0.2) is 16.8 Å². The Morgan fingerprint density at radius 2 is 2.18 bits per heavy atom. The zero-order valence-corrected chi connectivity index (χ0v) is 11.3. The van der Waals surface area contributed by atoms with Gasteiger partial charge >= 0.3 is 0 Å². The van der Waals surface area contributed by atoms with E-state index in [-0.39, 0.29) is 0 Å². The average molecular weight is 267 g/mol. The van der Waals surface area contributed by atoms with Gasteiger partial charge in [0.25, 0.3) is 0 Å². The van der Waals surface area contributed by atoms with Crippen molar-refractivity contribution in [3.63, 3.8) is 0 Å². The molecular weight excluding hydrogens is 252 g/mol. The van der Waals surface area contributed by atoms with E-state index in [4.69, 9.17) is 17.3 Å². The zero-order chi connectivity index (χ0) is 12.3. The highest BCUT2D eigenvalue weighted by Gasteiger charge is 2.07. The van der Waals surface area contributed by atoms with E-state index in [1.54, 1.807) is 11.8 Å². The largest absolute Gasteiger partial charge is 0.329 e. The standard InChI is InChI=1S/C13H15ClN2S/c1-9(7-15)17-8-11-6-10-4-2-3-5-12(10)16-13(11)14/h2-6,9H,7-8,15H2,1H3. The fourth-order valence-electron chi connectivity index (χ4n) is 1.54. The molecule has 2 rings (SSSR count). The number of halogens is 1. The summed E-state index contributed by atoms with van der Waals surface area (Å²) < 4.78 is 0. The highest BCUT2D eigenvalue weighted by molar-refractivity contribution is 7.99. The molecule has 0 spiro atoms. The highest BCUT2D eigenvalue weighted by Crippen LogP contribution is 2.25. The Morgan fingerprint density at radius 1 is 1.41 bits per heavy atom. The van der Waals surface area contributed by atoms with Gasteiger partial charge in [0.1, 0.15) is 5.15 Å². The molecular formula is C13H15ClN2S. The molecule has 1 heterocycles. The molecule has 1 atom stereocenters. The second kappa shape index (κ2) is 5.71. The minimum Gasteiger partial charge on any atom is -0.329 e. The predicted molar refractivity (Wildman–Crippen MR) is 76.6 cm³/mol. The van der Waals surface area contributed by atoms with Crippen molar-refractivity contribution < 1.29 is 0 Å². The van der Waals surface area contributed by atoms with Crippen LogP contribution in [0.15, 0.2) is 30.3 Å². The van der Waals surface area contributed by atoms with Crippen molar-refractivity contribution >= 4 is 34.3 Å². The number of nitrogens with zero attached hydrogens (tertiary/aromatic N) is 1.